The van der Waals surface area contributed by atoms with E-state index in [0.29, 0.717) is 25.2 Å². The zero-order valence-corrected chi connectivity index (χ0v) is 18.0. The average Bonchev–Trinajstić information content (AvgIpc) is 3.19. The summed E-state index contributed by atoms with van der Waals surface area (Å²) in [4.78, 5) is 24.6. The molecule has 0 radical (unpaired) electrons. The van der Waals surface area contributed by atoms with Crippen molar-refractivity contribution in [2.75, 3.05) is 10.6 Å². The van der Waals surface area contributed by atoms with E-state index in [1.165, 1.54) is 5.39 Å². The predicted molar refractivity (Wildman–Crippen MR) is 129 cm³/mol. The van der Waals surface area contributed by atoms with Crippen LogP contribution in [0.5, 0.6) is 0 Å². The van der Waals surface area contributed by atoms with Crippen LogP contribution in [0.15, 0.2) is 85.1 Å². The fraction of sp³-hybridized carbons (Fsp3) is 0.154. The molecular formula is C26H26N4O2. The summed E-state index contributed by atoms with van der Waals surface area (Å²) in [6.07, 6.45) is 2.41. The summed E-state index contributed by atoms with van der Waals surface area (Å²) in [5, 5.41) is 9.78. The molecule has 0 aliphatic carbocycles. The second-order valence-electron chi connectivity index (χ2n) is 7.74. The fourth-order valence-electron chi connectivity index (χ4n) is 3.62. The molecule has 0 saturated carbocycles. The number of para-hydroxylation sites is 1. The number of nitrogens with one attached hydrogen (secondary N) is 3. The molecule has 0 spiro atoms. The second kappa shape index (κ2) is 9.83. The number of carbonyl (C=O) groups excluding carboxylic acids is 2. The van der Waals surface area contributed by atoms with Crippen LogP contribution in [-0.2, 0) is 17.9 Å². The van der Waals surface area contributed by atoms with Gasteiger partial charge in [-0.25, -0.2) is 4.79 Å². The highest BCUT2D eigenvalue weighted by atomic mass is 16.2. The maximum atomic E-state index is 12.3. The number of anilines is 2. The number of urea groups is 1. The summed E-state index contributed by atoms with van der Waals surface area (Å²) < 4.78 is 2.09. The molecule has 0 bridgehead atoms. The number of aryl methyl sites for hydroxylation is 2. The largest absolute Gasteiger partial charge is 0.352 e. The van der Waals surface area contributed by atoms with E-state index in [2.05, 4.69) is 38.7 Å². The Hall–Kier alpha value is -4.06. The van der Waals surface area contributed by atoms with Crippen molar-refractivity contribution in [2.45, 2.75) is 26.4 Å². The van der Waals surface area contributed by atoms with Crippen LogP contribution in [-0.4, -0.2) is 16.5 Å². The Morgan fingerprint density at radius 3 is 2.41 bits per heavy atom. The van der Waals surface area contributed by atoms with Gasteiger partial charge in [-0.1, -0.05) is 42.5 Å². The number of fused-ring (bicyclic) bond motifs is 1. The molecule has 4 rings (SSSR count). The van der Waals surface area contributed by atoms with Gasteiger partial charge in [0, 0.05) is 42.6 Å². The van der Waals surface area contributed by atoms with E-state index < -0.39 is 0 Å². The van der Waals surface area contributed by atoms with Gasteiger partial charge in [0.15, 0.2) is 0 Å². The molecular weight excluding hydrogens is 400 g/mol. The molecule has 0 saturated heterocycles. The molecule has 1 heterocycles. The lowest BCUT2D eigenvalue weighted by atomic mass is 10.2. The first-order chi connectivity index (χ1) is 15.6. The van der Waals surface area contributed by atoms with E-state index in [1.54, 1.807) is 0 Å². The van der Waals surface area contributed by atoms with Crippen LogP contribution in [0.4, 0.5) is 16.2 Å². The zero-order chi connectivity index (χ0) is 22.3. The molecule has 4 aromatic rings. The second-order valence-corrected chi connectivity index (χ2v) is 7.74. The first-order valence-corrected chi connectivity index (χ1v) is 10.6. The Bertz CT molecular complexity index is 1250. The SMILES string of the molecule is Cc1cccc(NC(=O)Nc2cccc(CNC(=O)CCn3ccc4ccccc43)c2)c1. The molecule has 3 N–H and O–H groups in total. The van der Waals surface area contributed by atoms with E-state index >= 15 is 0 Å². The number of aromatic nitrogens is 1. The molecule has 3 aromatic carbocycles. The molecule has 0 aliphatic rings. The highest BCUT2D eigenvalue weighted by Gasteiger charge is 2.07. The maximum Gasteiger partial charge on any atom is 0.323 e. The van der Waals surface area contributed by atoms with Crippen molar-refractivity contribution in [3.63, 3.8) is 0 Å². The van der Waals surface area contributed by atoms with Crippen molar-refractivity contribution in [2.24, 2.45) is 0 Å². The van der Waals surface area contributed by atoms with Gasteiger partial charge in [0.1, 0.15) is 0 Å². The highest BCUT2D eigenvalue weighted by molar-refractivity contribution is 5.99. The molecule has 0 atom stereocenters. The van der Waals surface area contributed by atoms with Crippen LogP contribution in [0.1, 0.15) is 17.5 Å². The summed E-state index contributed by atoms with van der Waals surface area (Å²) in [5.74, 6) is -0.0154. The monoisotopic (exact) mass is 426 g/mol. The summed E-state index contributed by atoms with van der Waals surface area (Å²) in [6, 6.07) is 24.9. The number of hydrogen-bond donors (Lipinski definition) is 3. The third-order valence-electron chi connectivity index (χ3n) is 5.21. The third kappa shape index (κ3) is 5.55. The minimum Gasteiger partial charge on any atom is -0.352 e. The smallest absolute Gasteiger partial charge is 0.323 e. The van der Waals surface area contributed by atoms with Gasteiger partial charge >= 0.3 is 6.03 Å². The topological polar surface area (TPSA) is 75.2 Å². The average molecular weight is 427 g/mol. The fourth-order valence-corrected chi connectivity index (χ4v) is 3.62. The molecule has 1 aromatic heterocycles. The van der Waals surface area contributed by atoms with E-state index in [0.717, 1.165) is 22.3 Å². The van der Waals surface area contributed by atoms with E-state index in [4.69, 9.17) is 0 Å². The van der Waals surface area contributed by atoms with E-state index in [-0.39, 0.29) is 11.9 Å². The van der Waals surface area contributed by atoms with Crippen LogP contribution in [0, 0.1) is 6.92 Å². The standard InChI is InChI=1S/C26H26N4O2/c1-19-6-4-9-22(16-19)28-26(32)29-23-10-5-7-20(17-23)18-27-25(31)13-15-30-14-12-21-8-2-3-11-24(21)30/h2-12,14,16-17H,13,15,18H2,1H3,(H,27,31)(H2,28,29,32). The number of benzene rings is 3. The Kier molecular flexibility index (Phi) is 6.51. The quantitative estimate of drug-likeness (QED) is 0.375. The van der Waals surface area contributed by atoms with E-state index in [9.17, 15) is 9.59 Å². The number of hydrogen-bond acceptors (Lipinski definition) is 2. The van der Waals surface area contributed by atoms with Crippen LogP contribution < -0.4 is 16.0 Å². The minimum absolute atomic E-state index is 0.0154. The molecule has 6 nitrogen and oxygen atoms in total. The summed E-state index contributed by atoms with van der Waals surface area (Å²) >= 11 is 0. The lowest BCUT2D eigenvalue weighted by Gasteiger charge is -2.10. The molecule has 3 amide bonds. The molecule has 0 unspecified atom stereocenters. The molecule has 162 valence electrons. The van der Waals surface area contributed by atoms with Crippen LogP contribution in [0.25, 0.3) is 10.9 Å². The van der Waals surface area contributed by atoms with Crippen LogP contribution in [0.3, 0.4) is 0 Å². The summed E-state index contributed by atoms with van der Waals surface area (Å²) in [6.45, 7) is 3.00. The van der Waals surface area contributed by atoms with Crippen molar-refractivity contribution in [3.05, 3.63) is 96.2 Å². The van der Waals surface area contributed by atoms with Gasteiger partial charge in [-0.05, 0) is 59.8 Å². The predicted octanol–water partition coefficient (Wildman–Crippen LogP) is 5.30. The van der Waals surface area contributed by atoms with Crippen LogP contribution in [0.2, 0.25) is 0 Å². The Labute approximate surface area is 187 Å². The van der Waals surface area contributed by atoms with Gasteiger partial charge in [-0.15, -0.1) is 0 Å². The number of carbonyl (C=O) groups is 2. The van der Waals surface area contributed by atoms with Gasteiger partial charge < -0.3 is 20.5 Å². The van der Waals surface area contributed by atoms with Gasteiger partial charge in [0.25, 0.3) is 0 Å². The van der Waals surface area contributed by atoms with Crippen LogP contribution >= 0.6 is 0 Å². The van der Waals surface area contributed by atoms with E-state index in [1.807, 2.05) is 73.8 Å². The molecule has 0 fully saturated rings. The van der Waals surface area contributed by atoms with Crippen molar-refractivity contribution in [1.82, 2.24) is 9.88 Å². The Balaban J connectivity index is 1.27. The molecule has 32 heavy (non-hydrogen) atoms. The first kappa shape index (κ1) is 21.2. The molecule has 0 aliphatic heterocycles. The minimum atomic E-state index is -0.310. The van der Waals surface area contributed by atoms with Crippen molar-refractivity contribution >= 4 is 34.2 Å². The first-order valence-electron chi connectivity index (χ1n) is 10.6. The summed E-state index contributed by atoms with van der Waals surface area (Å²) in [7, 11) is 0. The highest BCUT2D eigenvalue weighted by Crippen LogP contribution is 2.16. The third-order valence-corrected chi connectivity index (χ3v) is 5.21. The normalized spacial score (nSPS) is 10.7. The Morgan fingerprint density at radius 2 is 1.59 bits per heavy atom. The lowest BCUT2D eigenvalue weighted by Crippen LogP contribution is -2.24. The lowest BCUT2D eigenvalue weighted by molar-refractivity contribution is -0.121. The van der Waals surface area contributed by atoms with Crippen molar-refractivity contribution < 1.29 is 9.59 Å². The van der Waals surface area contributed by atoms with Gasteiger partial charge in [-0.2, -0.15) is 0 Å². The molecule has 6 heteroatoms. The number of rotatable bonds is 7. The van der Waals surface area contributed by atoms with Crippen molar-refractivity contribution in [1.29, 1.82) is 0 Å². The summed E-state index contributed by atoms with van der Waals surface area (Å²) in [5.41, 5.74) is 4.52. The number of nitrogens with zero attached hydrogens (tertiary/aromatic N) is 1. The van der Waals surface area contributed by atoms with Gasteiger partial charge in [0.2, 0.25) is 5.91 Å². The van der Waals surface area contributed by atoms with Gasteiger partial charge in [-0.3, -0.25) is 4.79 Å². The van der Waals surface area contributed by atoms with Gasteiger partial charge in [0.05, 0.1) is 0 Å². The Morgan fingerprint density at radius 1 is 0.844 bits per heavy atom. The zero-order valence-electron chi connectivity index (χ0n) is 18.0. The van der Waals surface area contributed by atoms with Crippen molar-refractivity contribution in [3.8, 4) is 0 Å². The number of amides is 3. The maximum absolute atomic E-state index is 12.3.